The quantitative estimate of drug-likeness (QED) is 0.393. The third kappa shape index (κ3) is 0.576. The molecule has 0 saturated heterocycles. The zero-order valence-electron chi connectivity index (χ0n) is 6.69. The van der Waals surface area contributed by atoms with Gasteiger partial charge in [0.25, 0.3) is 0 Å². The molecule has 0 spiro atoms. The van der Waals surface area contributed by atoms with Gasteiger partial charge in [-0.15, -0.1) is 0 Å². The Labute approximate surface area is 70.6 Å². The fraction of sp³-hybridized carbons (Fsp3) is 0.600. The number of ketones is 2. The van der Waals surface area contributed by atoms with Crippen molar-refractivity contribution in [2.45, 2.75) is 12.8 Å². The lowest BCUT2D eigenvalue weighted by atomic mass is 9.77. The molecule has 0 aromatic rings. The molecule has 4 bridgehead atoms. The Morgan fingerprint density at radius 2 is 1.83 bits per heavy atom. The van der Waals surface area contributed by atoms with Crippen LogP contribution in [-0.4, -0.2) is 11.6 Å². The molecule has 12 heavy (non-hydrogen) atoms. The maximum absolute atomic E-state index is 11.5. The molecule has 4 unspecified atom stereocenters. The van der Waals surface area contributed by atoms with Gasteiger partial charge in [-0.05, 0) is 17.8 Å². The first-order valence-corrected chi connectivity index (χ1v) is 4.51. The van der Waals surface area contributed by atoms with Gasteiger partial charge < -0.3 is 0 Å². The molecule has 0 aliphatic heterocycles. The second kappa shape index (κ2) is 1.87. The normalized spacial score (nSPS) is 49.0. The lowest BCUT2D eigenvalue weighted by molar-refractivity contribution is -0.132. The predicted octanol–water partition coefficient (Wildman–Crippen LogP) is 0.967. The highest BCUT2D eigenvalue weighted by Crippen LogP contribution is 2.51. The van der Waals surface area contributed by atoms with E-state index in [1.807, 2.05) is 0 Å². The molecular formula is C10H10O2. The smallest absolute Gasteiger partial charge is 0.144 e. The second-order valence-electron chi connectivity index (χ2n) is 4.11. The van der Waals surface area contributed by atoms with Crippen molar-refractivity contribution in [3.63, 3.8) is 0 Å². The summed E-state index contributed by atoms with van der Waals surface area (Å²) in [7, 11) is 0. The Kier molecular flexibility index (Phi) is 1.03. The summed E-state index contributed by atoms with van der Waals surface area (Å²) in [5.41, 5.74) is 0. The van der Waals surface area contributed by atoms with E-state index in [-0.39, 0.29) is 23.4 Å². The van der Waals surface area contributed by atoms with Crippen molar-refractivity contribution in [3.8, 4) is 0 Å². The standard InChI is InChI=1S/C10H10O2/c11-8-3-5-1-2-6-7(5)4-9(12)10(6)8/h1-2,5-7,10H,3-4H2. The van der Waals surface area contributed by atoms with Crippen molar-refractivity contribution in [3.05, 3.63) is 12.2 Å². The van der Waals surface area contributed by atoms with Crippen LogP contribution in [0.2, 0.25) is 0 Å². The summed E-state index contributed by atoms with van der Waals surface area (Å²) in [6.45, 7) is 0. The van der Waals surface area contributed by atoms with E-state index in [0.717, 1.165) is 0 Å². The monoisotopic (exact) mass is 162 g/mol. The average molecular weight is 162 g/mol. The second-order valence-corrected chi connectivity index (χ2v) is 4.11. The molecular weight excluding hydrogens is 152 g/mol. The maximum atomic E-state index is 11.5. The average Bonchev–Trinajstić information content (AvgIpc) is 2.39. The molecule has 3 aliphatic rings. The van der Waals surface area contributed by atoms with Crippen LogP contribution < -0.4 is 0 Å². The van der Waals surface area contributed by atoms with Crippen molar-refractivity contribution < 1.29 is 9.59 Å². The fourth-order valence-corrected chi connectivity index (χ4v) is 3.03. The van der Waals surface area contributed by atoms with Gasteiger partial charge in [0, 0.05) is 12.8 Å². The Hall–Kier alpha value is -0.920. The van der Waals surface area contributed by atoms with E-state index >= 15 is 0 Å². The first kappa shape index (κ1) is 6.58. The lowest BCUT2D eigenvalue weighted by Gasteiger charge is -2.24. The molecule has 4 atom stereocenters. The predicted molar refractivity (Wildman–Crippen MR) is 42.3 cm³/mol. The van der Waals surface area contributed by atoms with E-state index in [2.05, 4.69) is 12.2 Å². The number of Topliss-reactive ketones (excluding diaryl/α,β-unsaturated/α-hetero) is 2. The number of hydrogen-bond donors (Lipinski definition) is 0. The highest BCUT2D eigenvalue weighted by Gasteiger charge is 2.53. The molecule has 2 saturated carbocycles. The van der Waals surface area contributed by atoms with Gasteiger partial charge in [0.1, 0.15) is 11.6 Å². The minimum absolute atomic E-state index is 0.189. The number of allylic oxidation sites excluding steroid dienone is 2. The molecule has 0 amide bonds. The van der Waals surface area contributed by atoms with E-state index in [9.17, 15) is 9.59 Å². The first-order valence-electron chi connectivity index (χ1n) is 4.51. The van der Waals surface area contributed by atoms with Gasteiger partial charge >= 0.3 is 0 Å². The summed E-state index contributed by atoms with van der Waals surface area (Å²) in [6.07, 6.45) is 5.50. The van der Waals surface area contributed by atoms with Gasteiger partial charge in [-0.25, -0.2) is 0 Å². The zero-order valence-corrected chi connectivity index (χ0v) is 6.69. The van der Waals surface area contributed by atoms with Crippen LogP contribution in [-0.2, 0) is 9.59 Å². The van der Waals surface area contributed by atoms with Crippen molar-refractivity contribution in [1.82, 2.24) is 0 Å². The van der Waals surface area contributed by atoms with Crippen LogP contribution in [0.25, 0.3) is 0 Å². The summed E-state index contributed by atoms with van der Waals surface area (Å²) in [5.74, 6) is 1.30. The fourth-order valence-electron chi connectivity index (χ4n) is 3.03. The number of carbonyl (C=O) groups excluding carboxylic acids is 2. The van der Waals surface area contributed by atoms with Crippen molar-refractivity contribution in [1.29, 1.82) is 0 Å². The van der Waals surface area contributed by atoms with E-state index in [0.29, 0.717) is 24.7 Å². The van der Waals surface area contributed by atoms with Crippen LogP contribution in [0.15, 0.2) is 12.2 Å². The molecule has 0 aromatic heterocycles. The molecule has 0 aromatic carbocycles. The minimum atomic E-state index is -0.245. The van der Waals surface area contributed by atoms with Gasteiger partial charge in [-0.2, -0.15) is 0 Å². The summed E-state index contributed by atoms with van der Waals surface area (Å²) in [4.78, 5) is 22.9. The summed E-state index contributed by atoms with van der Waals surface area (Å²) < 4.78 is 0. The van der Waals surface area contributed by atoms with Crippen molar-refractivity contribution in [2.75, 3.05) is 0 Å². The van der Waals surface area contributed by atoms with Gasteiger partial charge in [0.15, 0.2) is 0 Å². The highest BCUT2D eigenvalue weighted by atomic mass is 16.2. The molecule has 0 N–H and O–H groups in total. The topological polar surface area (TPSA) is 34.1 Å². The Morgan fingerprint density at radius 1 is 1.08 bits per heavy atom. The molecule has 2 nitrogen and oxygen atoms in total. The van der Waals surface area contributed by atoms with Crippen LogP contribution in [0.1, 0.15) is 12.8 Å². The van der Waals surface area contributed by atoms with Crippen LogP contribution in [0.4, 0.5) is 0 Å². The summed E-state index contributed by atoms with van der Waals surface area (Å²) >= 11 is 0. The lowest BCUT2D eigenvalue weighted by Crippen LogP contribution is -2.30. The van der Waals surface area contributed by atoms with E-state index in [4.69, 9.17) is 0 Å². The molecule has 2 fully saturated rings. The van der Waals surface area contributed by atoms with Crippen LogP contribution >= 0.6 is 0 Å². The van der Waals surface area contributed by atoms with Crippen molar-refractivity contribution >= 4 is 11.6 Å². The Balaban J connectivity index is 2.12. The first-order chi connectivity index (χ1) is 5.77. The van der Waals surface area contributed by atoms with Crippen LogP contribution in [0.3, 0.4) is 0 Å². The molecule has 0 heterocycles. The molecule has 3 aliphatic carbocycles. The van der Waals surface area contributed by atoms with E-state index in [1.165, 1.54) is 0 Å². The molecule has 2 heteroatoms. The molecule has 62 valence electrons. The minimum Gasteiger partial charge on any atom is -0.299 e. The molecule has 0 radical (unpaired) electrons. The summed E-state index contributed by atoms with van der Waals surface area (Å²) in [5, 5.41) is 0. The van der Waals surface area contributed by atoms with Gasteiger partial charge in [0.2, 0.25) is 0 Å². The number of carbonyl (C=O) groups is 2. The van der Waals surface area contributed by atoms with Gasteiger partial charge in [-0.3, -0.25) is 9.59 Å². The highest BCUT2D eigenvalue weighted by molar-refractivity contribution is 6.06. The SMILES string of the molecule is O=C1CC2C=CC3C1C(=O)CC23. The molecule has 3 rings (SSSR count). The van der Waals surface area contributed by atoms with Crippen LogP contribution in [0.5, 0.6) is 0 Å². The number of hydrogen-bond acceptors (Lipinski definition) is 2. The Morgan fingerprint density at radius 3 is 2.67 bits per heavy atom. The largest absolute Gasteiger partial charge is 0.299 e. The maximum Gasteiger partial charge on any atom is 0.144 e. The van der Waals surface area contributed by atoms with Crippen molar-refractivity contribution in [2.24, 2.45) is 23.7 Å². The summed E-state index contributed by atoms with van der Waals surface area (Å²) in [6, 6.07) is 0. The Bertz CT molecular complexity index is 303. The van der Waals surface area contributed by atoms with Crippen LogP contribution in [0, 0.1) is 23.7 Å². The third-order valence-electron chi connectivity index (χ3n) is 3.58. The van der Waals surface area contributed by atoms with E-state index < -0.39 is 0 Å². The third-order valence-corrected chi connectivity index (χ3v) is 3.58. The zero-order chi connectivity index (χ0) is 8.29. The van der Waals surface area contributed by atoms with E-state index in [1.54, 1.807) is 0 Å². The number of rotatable bonds is 0. The van der Waals surface area contributed by atoms with Gasteiger partial charge in [-0.1, -0.05) is 12.2 Å². The van der Waals surface area contributed by atoms with Gasteiger partial charge in [0.05, 0.1) is 5.92 Å².